The minimum atomic E-state index is -1.07. The maximum absolute atomic E-state index is 11.2. The summed E-state index contributed by atoms with van der Waals surface area (Å²) in [5.41, 5.74) is 0. The molecule has 1 unspecified atom stereocenters. The molecule has 0 rings (SSSR count). The molecule has 1 amide bonds. The van der Waals surface area contributed by atoms with Crippen molar-refractivity contribution >= 4 is 11.9 Å². The highest BCUT2D eigenvalue weighted by Gasteiger charge is 2.17. The van der Waals surface area contributed by atoms with Gasteiger partial charge >= 0.3 is 5.97 Å². The van der Waals surface area contributed by atoms with Gasteiger partial charge in [-0.15, -0.1) is 6.58 Å². The second-order valence-corrected chi connectivity index (χ2v) is 3.04. The number of aliphatic carboxylic acids is 1. The number of nitrogens with one attached hydrogen (secondary N) is 1. The second-order valence-electron chi connectivity index (χ2n) is 3.04. The minimum absolute atomic E-state index is 0.102. The lowest BCUT2D eigenvalue weighted by atomic mass is 10.2. The molecule has 5 heteroatoms. The molecule has 15 heavy (non-hydrogen) atoms. The molecule has 0 aliphatic heterocycles. The summed E-state index contributed by atoms with van der Waals surface area (Å²) < 4.78 is 4.97. The number of carboxylic acid groups (broad SMARTS) is 1. The van der Waals surface area contributed by atoms with E-state index in [2.05, 4.69) is 11.9 Å². The third kappa shape index (κ3) is 6.68. The third-order valence-electron chi connectivity index (χ3n) is 1.62. The first kappa shape index (κ1) is 13.6. The highest BCUT2D eigenvalue weighted by atomic mass is 16.5. The number of ether oxygens (including phenoxy) is 1. The lowest BCUT2D eigenvalue weighted by Gasteiger charge is -2.12. The van der Waals surface area contributed by atoms with Crippen LogP contribution in [-0.4, -0.2) is 36.2 Å². The number of rotatable bonds is 8. The van der Waals surface area contributed by atoms with Crippen LogP contribution in [-0.2, 0) is 14.3 Å². The zero-order valence-corrected chi connectivity index (χ0v) is 8.86. The molecule has 0 spiro atoms. The Hall–Kier alpha value is -1.36. The van der Waals surface area contributed by atoms with Gasteiger partial charge in [-0.05, 0) is 12.8 Å². The fourth-order valence-corrected chi connectivity index (χ4v) is 0.933. The highest BCUT2D eigenvalue weighted by Crippen LogP contribution is 1.93. The number of carbonyl (C=O) groups is 2. The molecule has 0 aliphatic carbocycles. The predicted molar refractivity (Wildman–Crippen MR) is 55.5 cm³/mol. The number of hydrogen-bond donors (Lipinski definition) is 2. The van der Waals surface area contributed by atoms with Crippen molar-refractivity contribution in [2.24, 2.45) is 0 Å². The molecule has 5 nitrogen and oxygen atoms in total. The van der Waals surface area contributed by atoms with Crippen LogP contribution in [0.2, 0.25) is 0 Å². The van der Waals surface area contributed by atoms with Gasteiger partial charge in [0.05, 0.1) is 0 Å². The lowest BCUT2D eigenvalue weighted by Crippen LogP contribution is -2.42. The fraction of sp³-hybridized carbons (Fsp3) is 0.600. The topological polar surface area (TPSA) is 75.6 Å². The van der Waals surface area contributed by atoms with Crippen LogP contribution < -0.4 is 5.32 Å². The Morgan fingerprint density at radius 3 is 2.73 bits per heavy atom. The number of hydrogen-bond acceptors (Lipinski definition) is 3. The molecule has 86 valence electrons. The van der Waals surface area contributed by atoms with Gasteiger partial charge in [-0.3, -0.25) is 4.79 Å². The largest absolute Gasteiger partial charge is 0.480 e. The van der Waals surface area contributed by atoms with E-state index in [-0.39, 0.29) is 13.0 Å². The van der Waals surface area contributed by atoms with Crippen molar-refractivity contribution in [1.29, 1.82) is 0 Å². The molecular formula is C10H17NO4. The molecule has 0 radical (unpaired) electrons. The Morgan fingerprint density at radius 1 is 1.60 bits per heavy atom. The lowest BCUT2D eigenvalue weighted by molar-refractivity contribution is -0.142. The van der Waals surface area contributed by atoms with Crippen LogP contribution in [0.5, 0.6) is 0 Å². The SMILES string of the molecule is C=CCC(NC(=O)COCCC)C(=O)O. The summed E-state index contributed by atoms with van der Waals surface area (Å²) >= 11 is 0. The van der Waals surface area contributed by atoms with E-state index >= 15 is 0 Å². The van der Waals surface area contributed by atoms with E-state index in [1.165, 1.54) is 6.08 Å². The van der Waals surface area contributed by atoms with Gasteiger partial charge in [-0.2, -0.15) is 0 Å². The molecular weight excluding hydrogens is 198 g/mol. The van der Waals surface area contributed by atoms with E-state index in [1.54, 1.807) is 0 Å². The summed E-state index contributed by atoms with van der Waals surface area (Å²) in [4.78, 5) is 21.8. The first-order chi connectivity index (χ1) is 7.11. The van der Waals surface area contributed by atoms with Crippen LogP contribution in [0.1, 0.15) is 19.8 Å². The smallest absolute Gasteiger partial charge is 0.326 e. The van der Waals surface area contributed by atoms with Crippen LogP contribution in [0.3, 0.4) is 0 Å². The summed E-state index contributed by atoms with van der Waals surface area (Å²) in [6.45, 7) is 5.74. The maximum Gasteiger partial charge on any atom is 0.326 e. The van der Waals surface area contributed by atoms with Gasteiger partial charge in [0.25, 0.3) is 0 Å². The fourth-order valence-electron chi connectivity index (χ4n) is 0.933. The van der Waals surface area contributed by atoms with Crippen molar-refractivity contribution < 1.29 is 19.4 Å². The number of amides is 1. The first-order valence-corrected chi connectivity index (χ1v) is 4.82. The van der Waals surface area contributed by atoms with E-state index in [0.29, 0.717) is 6.61 Å². The van der Waals surface area contributed by atoms with Crippen LogP contribution in [0.15, 0.2) is 12.7 Å². The van der Waals surface area contributed by atoms with Gasteiger partial charge in [0.15, 0.2) is 0 Å². The molecule has 0 saturated heterocycles. The normalized spacial score (nSPS) is 11.8. The van der Waals surface area contributed by atoms with Crippen molar-refractivity contribution in [1.82, 2.24) is 5.32 Å². The minimum Gasteiger partial charge on any atom is -0.480 e. The van der Waals surface area contributed by atoms with Gasteiger partial charge in [-0.25, -0.2) is 4.79 Å². The van der Waals surface area contributed by atoms with Crippen molar-refractivity contribution in [3.8, 4) is 0 Å². The summed E-state index contributed by atoms with van der Waals surface area (Å²) in [6.07, 6.45) is 2.48. The van der Waals surface area contributed by atoms with Crippen LogP contribution in [0.25, 0.3) is 0 Å². The molecule has 0 saturated carbocycles. The third-order valence-corrected chi connectivity index (χ3v) is 1.62. The van der Waals surface area contributed by atoms with Crippen molar-refractivity contribution in [2.45, 2.75) is 25.8 Å². The summed E-state index contributed by atoms with van der Waals surface area (Å²) in [5, 5.41) is 11.1. The Labute approximate surface area is 89.1 Å². The van der Waals surface area contributed by atoms with Crippen LogP contribution >= 0.6 is 0 Å². The molecule has 1 atom stereocenters. The van der Waals surface area contributed by atoms with E-state index in [4.69, 9.17) is 9.84 Å². The van der Waals surface area contributed by atoms with E-state index in [1.807, 2.05) is 6.92 Å². The Bertz CT molecular complexity index is 227. The molecule has 0 aliphatic rings. The number of carboxylic acids is 1. The summed E-state index contributed by atoms with van der Waals surface area (Å²) in [6, 6.07) is -0.916. The Kier molecular flexibility index (Phi) is 7.27. The molecule has 2 N–H and O–H groups in total. The summed E-state index contributed by atoms with van der Waals surface area (Å²) in [5.74, 6) is -1.49. The molecule has 0 fully saturated rings. The van der Waals surface area contributed by atoms with Gasteiger partial charge in [0, 0.05) is 6.61 Å². The first-order valence-electron chi connectivity index (χ1n) is 4.82. The average Bonchev–Trinajstić information content (AvgIpc) is 2.17. The standard InChI is InChI=1S/C10H17NO4/c1-3-5-8(10(13)14)11-9(12)7-15-6-4-2/h3,8H,1,4-7H2,2H3,(H,11,12)(H,13,14). The van der Waals surface area contributed by atoms with Gasteiger partial charge in [-0.1, -0.05) is 13.0 Å². The molecule has 0 aromatic carbocycles. The van der Waals surface area contributed by atoms with Crippen molar-refractivity contribution in [2.75, 3.05) is 13.2 Å². The second kappa shape index (κ2) is 7.99. The Balaban J connectivity index is 3.89. The Morgan fingerprint density at radius 2 is 2.27 bits per heavy atom. The monoisotopic (exact) mass is 215 g/mol. The summed E-state index contributed by atoms with van der Waals surface area (Å²) in [7, 11) is 0. The maximum atomic E-state index is 11.2. The van der Waals surface area contributed by atoms with Crippen LogP contribution in [0.4, 0.5) is 0 Å². The average molecular weight is 215 g/mol. The van der Waals surface area contributed by atoms with E-state index in [9.17, 15) is 9.59 Å². The van der Waals surface area contributed by atoms with Gasteiger partial charge in [0.1, 0.15) is 12.6 Å². The molecule has 0 heterocycles. The number of carbonyl (C=O) groups excluding carboxylic acids is 1. The zero-order valence-electron chi connectivity index (χ0n) is 8.86. The molecule has 0 aromatic rings. The quantitative estimate of drug-likeness (QED) is 0.458. The van der Waals surface area contributed by atoms with E-state index in [0.717, 1.165) is 6.42 Å². The zero-order chi connectivity index (χ0) is 11.7. The van der Waals surface area contributed by atoms with Gasteiger partial charge in [0.2, 0.25) is 5.91 Å². The van der Waals surface area contributed by atoms with Gasteiger partial charge < -0.3 is 15.2 Å². The van der Waals surface area contributed by atoms with Crippen molar-refractivity contribution in [3.05, 3.63) is 12.7 Å². The highest BCUT2D eigenvalue weighted by molar-refractivity contribution is 5.84. The molecule has 0 aromatic heterocycles. The predicted octanol–water partition coefficient (Wildman–Crippen LogP) is 0.558. The van der Waals surface area contributed by atoms with Crippen molar-refractivity contribution in [3.63, 3.8) is 0 Å². The van der Waals surface area contributed by atoms with Crippen LogP contribution in [0, 0.1) is 0 Å². The van der Waals surface area contributed by atoms with E-state index < -0.39 is 17.9 Å². The molecule has 0 bridgehead atoms.